The Balaban J connectivity index is 2.33. The standard InChI is InChI=1S/C9H10F3N3S/c1-2-3-4-5-6-13-8-15-14-7(16-8)9(10,11)12/h1H,3-6H2,(H,13,15). The van der Waals surface area contributed by atoms with Crippen molar-refractivity contribution >= 4 is 16.5 Å². The molecule has 0 aliphatic rings. The molecule has 0 spiro atoms. The topological polar surface area (TPSA) is 37.8 Å². The van der Waals surface area contributed by atoms with Crippen molar-refractivity contribution in [1.29, 1.82) is 0 Å². The zero-order chi connectivity index (χ0) is 12.0. The second-order valence-corrected chi connectivity index (χ2v) is 3.98. The lowest BCUT2D eigenvalue weighted by Crippen LogP contribution is -2.03. The van der Waals surface area contributed by atoms with Gasteiger partial charge in [0.15, 0.2) is 0 Å². The Labute approximate surface area is 95.1 Å². The molecule has 0 fully saturated rings. The number of terminal acetylenes is 1. The van der Waals surface area contributed by atoms with Crippen molar-refractivity contribution in [3.63, 3.8) is 0 Å². The lowest BCUT2D eigenvalue weighted by atomic mass is 10.2. The van der Waals surface area contributed by atoms with E-state index in [9.17, 15) is 13.2 Å². The first-order valence-corrected chi connectivity index (χ1v) is 5.43. The van der Waals surface area contributed by atoms with Gasteiger partial charge in [0.2, 0.25) is 10.1 Å². The van der Waals surface area contributed by atoms with Crippen LogP contribution in [0.4, 0.5) is 18.3 Å². The maximum Gasteiger partial charge on any atom is 0.445 e. The maximum absolute atomic E-state index is 12.1. The zero-order valence-corrected chi connectivity index (χ0v) is 9.16. The number of hydrogen-bond donors (Lipinski definition) is 1. The van der Waals surface area contributed by atoms with Crippen molar-refractivity contribution in [3.8, 4) is 12.3 Å². The van der Waals surface area contributed by atoms with Crippen LogP contribution >= 0.6 is 11.3 Å². The largest absolute Gasteiger partial charge is 0.445 e. The van der Waals surface area contributed by atoms with Crippen LogP contribution in [0.2, 0.25) is 0 Å². The quantitative estimate of drug-likeness (QED) is 0.644. The minimum Gasteiger partial charge on any atom is -0.360 e. The molecule has 0 bridgehead atoms. The molecular weight excluding hydrogens is 239 g/mol. The van der Waals surface area contributed by atoms with E-state index in [1.165, 1.54) is 0 Å². The van der Waals surface area contributed by atoms with E-state index in [1.54, 1.807) is 0 Å². The van der Waals surface area contributed by atoms with Gasteiger partial charge in [-0.2, -0.15) is 13.2 Å². The van der Waals surface area contributed by atoms with Crippen LogP contribution in [-0.4, -0.2) is 16.7 Å². The summed E-state index contributed by atoms with van der Waals surface area (Å²) < 4.78 is 36.4. The highest BCUT2D eigenvalue weighted by Crippen LogP contribution is 2.32. The van der Waals surface area contributed by atoms with E-state index in [0.717, 1.165) is 12.8 Å². The molecule has 1 aromatic heterocycles. The van der Waals surface area contributed by atoms with E-state index in [0.29, 0.717) is 24.3 Å². The van der Waals surface area contributed by atoms with Gasteiger partial charge in [-0.25, -0.2) is 0 Å². The minimum atomic E-state index is -4.42. The fraction of sp³-hybridized carbons (Fsp3) is 0.556. The summed E-state index contributed by atoms with van der Waals surface area (Å²) >= 11 is 0.505. The van der Waals surface area contributed by atoms with Gasteiger partial charge in [-0.05, 0) is 12.8 Å². The average molecular weight is 249 g/mol. The van der Waals surface area contributed by atoms with Crippen molar-refractivity contribution in [2.24, 2.45) is 0 Å². The van der Waals surface area contributed by atoms with Crippen LogP contribution in [-0.2, 0) is 6.18 Å². The molecule has 0 amide bonds. The van der Waals surface area contributed by atoms with Crippen molar-refractivity contribution in [3.05, 3.63) is 5.01 Å². The van der Waals surface area contributed by atoms with Gasteiger partial charge in [-0.3, -0.25) is 0 Å². The first-order chi connectivity index (χ1) is 7.54. The molecule has 0 aromatic carbocycles. The summed E-state index contributed by atoms with van der Waals surface area (Å²) in [5.41, 5.74) is 0. The van der Waals surface area contributed by atoms with Crippen molar-refractivity contribution in [2.45, 2.75) is 25.4 Å². The summed E-state index contributed by atoms with van der Waals surface area (Å²) in [5, 5.41) is 8.48. The van der Waals surface area contributed by atoms with Crippen LogP contribution in [0.15, 0.2) is 0 Å². The summed E-state index contributed by atoms with van der Waals surface area (Å²) in [4.78, 5) is 0. The summed E-state index contributed by atoms with van der Waals surface area (Å²) in [5.74, 6) is 2.49. The molecule has 0 atom stereocenters. The van der Waals surface area contributed by atoms with Crippen molar-refractivity contribution in [1.82, 2.24) is 10.2 Å². The van der Waals surface area contributed by atoms with E-state index in [4.69, 9.17) is 6.42 Å². The number of anilines is 1. The molecule has 0 radical (unpaired) electrons. The lowest BCUT2D eigenvalue weighted by molar-refractivity contribution is -0.138. The molecule has 1 rings (SSSR count). The molecule has 3 nitrogen and oxygen atoms in total. The molecule has 1 heterocycles. The van der Waals surface area contributed by atoms with Crippen LogP contribution in [0.25, 0.3) is 0 Å². The van der Waals surface area contributed by atoms with Gasteiger partial charge in [0.1, 0.15) is 0 Å². The maximum atomic E-state index is 12.1. The lowest BCUT2D eigenvalue weighted by Gasteiger charge is -2.00. The van der Waals surface area contributed by atoms with Gasteiger partial charge in [0.25, 0.3) is 0 Å². The fourth-order valence-electron chi connectivity index (χ4n) is 0.957. The van der Waals surface area contributed by atoms with Gasteiger partial charge in [0.05, 0.1) is 0 Å². The number of nitrogens with zero attached hydrogens (tertiary/aromatic N) is 2. The number of unbranched alkanes of at least 4 members (excludes halogenated alkanes) is 2. The van der Waals surface area contributed by atoms with Crippen LogP contribution in [0.5, 0.6) is 0 Å². The molecule has 0 saturated carbocycles. The summed E-state index contributed by atoms with van der Waals surface area (Å²) in [6.45, 7) is 0.550. The third-order valence-electron chi connectivity index (χ3n) is 1.69. The highest BCUT2D eigenvalue weighted by molar-refractivity contribution is 7.15. The predicted octanol–water partition coefficient (Wildman–Crippen LogP) is 2.77. The third kappa shape index (κ3) is 4.06. The second kappa shape index (κ2) is 5.70. The minimum absolute atomic E-state index is 0.188. The van der Waals surface area contributed by atoms with E-state index in [1.807, 2.05) is 0 Å². The predicted molar refractivity (Wildman–Crippen MR) is 56.1 cm³/mol. The smallest absolute Gasteiger partial charge is 0.360 e. The fourth-order valence-corrected chi connectivity index (χ4v) is 1.59. The van der Waals surface area contributed by atoms with Crippen molar-refractivity contribution < 1.29 is 13.2 Å². The normalized spacial score (nSPS) is 11.1. The van der Waals surface area contributed by atoms with E-state index >= 15 is 0 Å². The Kier molecular flexibility index (Phi) is 4.55. The van der Waals surface area contributed by atoms with E-state index < -0.39 is 11.2 Å². The Bertz CT molecular complexity index is 367. The van der Waals surface area contributed by atoms with E-state index in [-0.39, 0.29) is 5.13 Å². The molecule has 1 N–H and O–H groups in total. The van der Waals surface area contributed by atoms with Gasteiger partial charge in [0, 0.05) is 13.0 Å². The molecule has 0 aliphatic heterocycles. The first-order valence-electron chi connectivity index (χ1n) is 4.62. The number of aromatic nitrogens is 2. The molecule has 1 aromatic rings. The van der Waals surface area contributed by atoms with Crippen LogP contribution in [0.3, 0.4) is 0 Å². The summed E-state index contributed by atoms with van der Waals surface area (Å²) in [6.07, 6.45) is 2.95. The Hall–Kier alpha value is -1.29. The van der Waals surface area contributed by atoms with E-state index in [2.05, 4.69) is 21.4 Å². The summed E-state index contributed by atoms with van der Waals surface area (Å²) in [7, 11) is 0. The monoisotopic (exact) mass is 249 g/mol. The molecule has 88 valence electrons. The number of hydrogen-bond acceptors (Lipinski definition) is 4. The highest BCUT2D eigenvalue weighted by Gasteiger charge is 2.35. The molecule has 16 heavy (non-hydrogen) atoms. The highest BCUT2D eigenvalue weighted by atomic mass is 32.1. The molecular formula is C9H10F3N3S. The number of rotatable bonds is 5. The Morgan fingerprint density at radius 1 is 1.31 bits per heavy atom. The SMILES string of the molecule is C#CCCCCNc1nnc(C(F)(F)F)s1. The van der Waals surface area contributed by atoms with Crippen molar-refractivity contribution in [2.75, 3.05) is 11.9 Å². The summed E-state index contributed by atoms with van der Waals surface area (Å²) in [6, 6.07) is 0. The average Bonchev–Trinajstić information content (AvgIpc) is 2.65. The van der Waals surface area contributed by atoms with Gasteiger partial charge < -0.3 is 5.32 Å². The second-order valence-electron chi connectivity index (χ2n) is 3.00. The first kappa shape index (κ1) is 12.8. The molecule has 0 aliphatic carbocycles. The van der Waals surface area contributed by atoms with Crippen LogP contribution < -0.4 is 5.32 Å². The third-order valence-corrected chi connectivity index (χ3v) is 2.62. The number of nitrogens with one attached hydrogen (secondary N) is 1. The molecule has 0 unspecified atom stereocenters. The Morgan fingerprint density at radius 3 is 2.62 bits per heavy atom. The number of alkyl halides is 3. The van der Waals surface area contributed by atoms with Gasteiger partial charge in [-0.15, -0.1) is 22.5 Å². The van der Waals surface area contributed by atoms with Gasteiger partial charge in [-0.1, -0.05) is 11.3 Å². The Morgan fingerprint density at radius 2 is 2.06 bits per heavy atom. The molecule has 0 saturated heterocycles. The van der Waals surface area contributed by atoms with Gasteiger partial charge >= 0.3 is 6.18 Å². The van der Waals surface area contributed by atoms with Crippen LogP contribution in [0.1, 0.15) is 24.3 Å². The molecule has 7 heteroatoms. The zero-order valence-electron chi connectivity index (χ0n) is 8.34. The number of halogens is 3. The van der Waals surface area contributed by atoms with Crippen LogP contribution in [0, 0.1) is 12.3 Å².